The first-order valence-corrected chi connectivity index (χ1v) is 10.6. The molecule has 1 amide bonds. The van der Waals surface area contributed by atoms with Gasteiger partial charge in [0.1, 0.15) is 5.75 Å². The number of phenols is 1. The molecule has 1 aromatic carbocycles. The maximum absolute atomic E-state index is 13.2. The Morgan fingerprint density at radius 3 is 2.25 bits per heavy atom. The molecule has 2 aromatic rings. The highest BCUT2D eigenvalue weighted by Gasteiger charge is 2.27. The van der Waals surface area contributed by atoms with Crippen LogP contribution in [0.5, 0.6) is 5.75 Å². The van der Waals surface area contributed by atoms with E-state index < -0.39 is 0 Å². The number of aromatic nitrogens is 1. The zero-order valence-electron chi connectivity index (χ0n) is 17.0. The Morgan fingerprint density at radius 1 is 0.964 bits per heavy atom. The molecule has 2 fully saturated rings. The van der Waals surface area contributed by atoms with Gasteiger partial charge in [0.15, 0.2) is 0 Å². The van der Waals surface area contributed by atoms with Crippen molar-refractivity contribution in [1.29, 1.82) is 0 Å². The number of aryl methyl sites for hydroxylation is 1. The standard InChI is InChI=1S/C23H31N3O2/c1-17-16-22(18(2)26(17)20-6-4-3-5-7-20)23(28)25-14-12-24(13-15-25)19-8-10-21(27)11-9-19/h8-11,16,20,27H,3-7,12-15H2,1-2H3. The lowest BCUT2D eigenvalue weighted by Crippen LogP contribution is -2.48. The highest BCUT2D eigenvalue weighted by Crippen LogP contribution is 2.32. The van der Waals surface area contributed by atoms with Crippen molar-refractivity contribution in [1.82, 2.24) is 9.47 Å². The Balaban J connectivity index is 1.45. The van der Waals surface area contributed by atoms with Crippen LogP contribution in [0, 0.1) is 13.8 Å². The average molecular weight is 382 g/mol. The maximum atomic E-state index is 13.2. The topological polar surface area (TPSA) is 48.7 Å². The zero-order valence-corrected chi connectivity index (χ0v) is 17.0. The molecule has 150 valence electrons. The van der Waals surface area contributed by atoms with Gasteiger partial charge in [0.2, 0.25) is 0 Å². The number of phenolic OH excluding ortho intramolecular Hbond substituents is 1. The molecule has 0 atom stereocenters. The van der Waals surface area contributed by atoms with Gasteiger partial charge >= 0.3 is 0 Å². The van der Waals surface area contributed by atoms with Gasteiger partial charge in [-0.05, 0) is 57.0 Å². The van der Waals surface area contributed by atoms with Crippen molar-refractivity contribution < 1.29 is 9.90 Å². The minimum absolute atomic E-state index is 0.167. The van der Waals surface area contributed by atoms with E-state index in [4.69, 9.17) is 0 Å². The summed E-state index contributed by atoms with van der Waals surface area (Å²) in [6.45, 7) is 7.35. The number of amides is 1. The molecular formula is C23H31N3O2. The van der Waals surface area contributed by atoms with E-state index in [1.165, 1.54) is 37.8 Å². The highest BCUT2D eigenvalue weighted by molar-refractivity contribution is 5.96. The normalized spacial score (nSPS) is 18.5. The zero-order chi connectivity index (χ0) is 19.7. The van der Waals surface area contributed by atoms with Crippen molar-refractivity contribution in [3.63, 3.8) is 0 Å². The summed E-state index contributed by atoms with van der Waals surface area (Å²) in [5.41, 5.74) is 4.33. The van der Waals surface area contributed by atoms with Crippen LogP contribution in [-0.4, -0.2) is 46.7 Å². The summed E-state index contributed by atoms with van der Waals surface area (Å²) in [5, 5.41) is 9.47. The van der Waals surface area contributed by atoms with Crippen LogP contribution in [0.3, 0.4) is 0 Å². The van der Waals surface area contributed by atoms with Crippen LogP contribution >= 0.6 is 0 Å². The molecule has 5 heteroatoms. The van der Waals surface area contributed by atoms with Gasteiger partial charge in [-0.25, -0.2) is 0 Å². The van der Waals surface area contributed by atoms with Crippen LogP contribution in [0.2, 0.25) is 0 Å². The first kappa shape index (κ1) is 18.9. The van der Waals surface area contributed by atoms with Crippen molar-refractivity contribution in [2.45, 2.75) is 52.0 Å². The summed E-state index contributed by atoms with van der Waals surface area (Å²) in [6.07, 6.45) is 6.39. The van der Waals surface area contributed by atoms with Gasteiger partial charge in [0, 0.05) is 49.3 Å². The minimum atomic E-state index is 0.167. The Morgan fingerprint density at radius 2 is 1.61 bits per heavy atom. The predicted molar refractivity (Wildman–Crippen MR) is 112 cm³/mol. The Kier molecular flexibility index (Phi) is 5.33. The highest BCUT2D eigenvalue weighted by atomic mass is 16.3. The van der Waals surface area contributed by atoms with Crippen LogP contribution in [0.15, 0.2) is 30.3 Å². The molecule has 0 unspecified atom stereocenters. The first-order chi connectivity index (χ1) is 13.5. The Labute approximate surface area is 167 Å². The van der Waals surface area contributed by atoms with Crippen molar-refractivity contribution in [2.24, 2.45) is 0 Å². The molecule has 5 nitrogen and oxygen atoms in total. The van der Waals surface area contributed by atoms with E-state index >= 15 is 0 Å². The largest absolute Gasteiger partial charge is 0.508 e. The third-order valence-electron chi connectivity index (χ3n) is 6.44. The average Bonchev–Trinajstić information content (AvgIpc) is 3.03. The van der Waals surface area contributed by atoms with Gasteiger partial charge in [0.05, 0.1) is 5.56 Å². The molecule has 1 aliphatic carbocycles. The molecule has 4 rings (SSSR count). The van der Waals surface area contributed by atoms with Crippen molar-refractivity contribution >= 4 is 11.6 Å². The number of piperazine rings is 1. The summed E-state index contributed by atoms with van der Waals surface area (Å²) < 4.78 is 2.42. The molecule has 1 saturated carbocycles. The molecular weight excluding hydrogens is 350 g/mol. The molecule has 1 aromatic heterocycles. The monoisotopic (exact) mass is 381 g/mol. The Hall–Kier alpha value is -2.43. The predicted octanol–water partition coefficient (Wildman–Crippen LogP) is 4.28. The van der Waals surface area contributed by atoms with Gasteiger partial charge in [-0.1, -0.05) is 19.3 Å². The van der Waals surface area contributed by atoms with E-state index in [-0.39, 0.29) is 11.7 Å². The van der Waals surface area contributed by atoms with E-state index in [2.05, 4.69) is 29.4 Å². The smallest absolute Gasteiger partial charge is 0.255 e. The second kappa shape index (κ2) is 7.90. The lowest BCUT2D eigenvalue weighted by Gasteiger charge is -2.36. The molecule has 1 N–H and O–H groups in total. The van der Waals surface area contributed by atoms with Gasteiger partial charge in [-0.15, -0.1) is 0 Å². The van der Waals surface area contributed by atoms with Gasteiger partial charge < -0.3 is 19.5 Å². The third-order valence-corrected chi connectivity index (χ3v) is 6.44. The number of hydrogen-bond donors (Lipinski definition) is 1. The third kappa shape index (κ3) is 3.62. The first-order valence-electron chi connectivity index (χ1n) is 10.6. The number of hydrogen-bond acceptors (Lipinski definition) is 3. The fourth-order valence-electron chi connectivity index (χ4n) is 4.90. The van der Waals surface area contributed by atoms with Gasteiger partial charge in [0.25, 0.3) is 5.91 Å². The second-order valence-corrected chi connectivity index (χ2v) is 8.24. The summed E-state index contributed by atoms with van der Waals surface area (Å²) >= 11 is 0. The molecule has 1 aliphatic heterocycles. The van der Waals surface area contributed by atoms with E-state index in [0.717, 1.165) is 43.1 Å². The molecule has 0 radical (unpaired) electrons. The van der Waals surface area contributed by atoms with Crippen LogP contribution in [-0.2, 0) is 0 Å². The molecule has 1 saturated heterocycles. The minimum Gasteiger partial charge on any atom is -0.508 e. The fourth-order valence-corrected chi connectivity index (χ4v) is 4.90. The molecule has 2 aliphatic rings. The molecule has 0 bridgehead atoms. The van der Waals surface area contributed by atoms with Crippen molar-refractivity contribution in [2.75, 3.05) is 31.1 Å². The summed E-state index contributed by atoms with van der Waals surface area (Å²) in [6, 6.07) is 9.95. The number of rotatable bonds is 3. The Bertz CT molecular complexity index is 826. The summed E-state index contributed by atoms with van der Waals surface area (Å²) in [5.74, 6) is 0.450. The quantitative estimate of drug-likeness (QED) is 0.863. The van der Waals surface area contributed by atoms with Crippen LogP contribution < -0.4 is 4.90 Å². The fraction of sp³-hybridized carbons (Fsp3) is 0.522. The van der Waals surface area contributed by atoms with E-state index in [0.29, 0.717) is 6.04 Å². The van der Waals surface area contributed by atoms with Crippen LogP contribution in [0.4, 0.5) is 5.69 Å². The number of benzene rings is 1. The lowest BCUT2D eigenvalue weighted by atomic mass is 9.95. The number of carbonyl (C=O) groups excluding carboxylic acids is 1. The van der Waals surface area contributed by atoms with Gasteiger partial charge in [-0.2, -0.15) is 0 Å². The SMILES string of the molecule is Cc1cc(C(=O)N2CCN(c3ccc(O)cc3)CC2)c(C)n1C1CCCCC1. The summed E-state index contributed by atoms with van der Waals surface area (Å²) in [7, 11) is 0. The van der Waals surface area contributed by atoms with Crippen LogP contribution in [0.25, 0.3) is 0 Å². The maximum Gasteiger partial charge on any atom is 0.255 e. The second-order valence-electron chi connectivity index (χ2n) is 8.24. The molecule has 28 heavy (non-hydrogen) atoms. The number of carbonyl (C=O) groups is 1. The summed E-state index contributed by atoms with van der Waals surface area (Å²) in [4.78, 5) is 17.5. The van der Waals surface area contributed by atoms with E-state index in [1.54, 1.807) is 12.1 Å². The number of nitrogens with zero attached hydrogens (tertiary/aromatic N) is 3. The van der Waals surface area contributed by atoms with Crippen molar-refractivity contribution in [3.05, 3.63) is 47.3 Å². The number of aromatic hydroxyl groups is 1. The number of anilines is 1. The van der Waals surface area contributed by atoms with Crippen molar-refractivity contribution in [3.8, 4) is 5.75 Å². The van der Waals surface area contributed by atoms with Crippen LogP contribution in [0.1, 0.15) is 59.9 Å². The molecule has 0 spiro atoms. The van der Waals surface area contributed by atoms with E-state index in [1.807, 2.05) is 17.0 Å². The van der Waals surface area contributed by atoms with Gasteiger partial charge in [-0.3, -0.25) is 4.79 Å². The lowest BCUT2D eigenvalue weighted by molar-refractivity contribution is 0.0745. The molecule has 2 heterocycles. The van der Waals surface area contributed by atoms with E-state index in [9.17, 15) is 9.90 Å².